The van der Waals surface area contributed by atoms with Gasteiger partial charge in [-0.15, -0.1) is 0 Å². The number of fused-ring (bicyclic) bond motifs is 2. The van der Waals surface area contributed by atoms with E-state index >= 15 is 0 Å². The quantitative estimate of drug-likeness (QED) is 0.560. The zero-order valence-corrected chi connectivity index (χ0v) is 7.25. The van der Waals surface area contributed by atoms with E-state index in [2.05, 4.69) is 24.3 Å². The van der Waals surface area contributed by atoms with Gasteiger partial charge in [-0.3, -0.25) is 0 Å². The maximum atomic E-state index is 5.32. The molecular formula is C11H10O2. The van der Waals surface area contributed by atoms with Crippen LogP contribution in [0.1, 0.15) is 11.1 Å². The highest BCUT2D eigenvalue weighted by Crippen LogP contribution is 2.36. The van der Waals surface area contributed by atoms with Crippen LogP contribution in [0.25, 0.3) is 0 Å². The monoisotopic (exact) mass is 174 g/mol. The van der Waals surface area contributed by atoms with E-state index in [1.165, 1.54) is 11.1 Å². The Morgan fingerprint density at radius 1 is 0.846 bits per heavy atom. The van der Waals surface area contributed by atoms with Gasteiger partial charge in [-0.2, -0.15) is 0 Å². The standard InChI is InChI=1S/C11H10O2/c1-2-4-9-6-11-10(12-7-13-11)5-8(9)3-1/h1-2,5-6H,3-4,7H2. The smallest absolute Gasteiger partial charge is 0.231 e. The predicted molar refractivity (Wildman–Crippen MR) is 49.1 cm³/mol. The van der Waals surface area contributed by atoms with Gasteiger partial charge in [0, 0.05) is 0 Å². The molecule has 2 nitrogen and oxygen atoms in total. The van der Waals surface area contributed by atoms with Crippen LogP contribution in [-0.4, -0.2) is 6.79 Å². The molecule has 0 spiro atoms. The van der Waals surface area contributed by atoms with Crippen molar-refractivity contribution >= 4 is 0 Å². The first kappa shape index (κ1) is 7.01. The minimum Gasteiger partial charge on any atom is -0.454 e. The second-order valence-electron chi connectivity index (χ2n) is 3.35. The fraction of sp³-hybridized carbons (Fsp3) is 0.273. The minimum absolute atomic E-state index is 0.367. The van der Waals surface area contributed by atoms with Crippen molar-refractivity contribution in [1.82, 2.24) is 0 Å². The molecule has 1 aromatic carbocycles. The van der Waals surface area contributed by atoms with Crippen LogP contribution in [0.4, 0.5) is 0 Å². The van der Waals surface area contributed by atoms with Crippen LogP contribution in [0.15, 0.2) is 24.3 Å². The number of hydrogen-bond acceptors (Lipinski definition) is 2. The third-order valence-electron chi connectivity index (χ3n) is 2.54. The molecule has 1 aliphatic heterocycles. The summed E-state index contributed by atoms with van der Waals surface area (Å²) >= 11 is 0. The first-order valence-corrected chi connectivity index (χ1v) is 4.50. The van der Waals surface area contributed by atoms with Crippen molar-refractivity contribution in [3.63, 3.8) is 0 Å². The lowest BCUT2D eigenvalue weighted by atomic mass is 9.96. The minimum atomic E-state index is 0.367. The summed E-state index contributed by atoms with van der Waals surface area (Å²) in [6.07, 6.45) is 6.44. The first-order chi connectivity index (χ1) is 6.43. The molecule has 0 aromatic heterocycles. The lowest BCUT2D eigenvalue weighted by Gasteiger charge is -2.11. The van der Waals surface area contributed by atoms with E-state index in [1.807, 2.05) is 0 Å². The van der Waals surface area contributed by atoms with E-state index in [0.717, 1.165) is 24.3 Å². The zero-order valence-electron chi connectivity index (χ0n) is 7.25. The normalized spacial score (nSPS) is 17.2. The lowest BCUT2D eigenvalue weighted by Crippen LogP contribution is -1.96. The highest BCUT2D eigenvalue weighted by Gasteiger charge is 2.17. The van der Waals surface area contributed by atoms with Gasteiger partial charge < -0.3 is 9.47 Å². The van der Waals surface area contributed by atoms with Crippen molar-refractivity contribution in [2.45, 2.75) is 12.8 Å². The van der Waals surface area contributed by atoms with Gasteiger partial charge >= 0.3 is 0 Å². The number of allylic oxidation sites excluding steroid dienone is 2. The van der Waals surface area contributed by atoms with Crippen LogP contribution in [0.5, 0.6) is 11.5 Å². The summed E-state index contributed by atoms with van der Waals surface area (Å²) < 4.78 is 10.6. The molecule has 0 atom stereocenters. The predicted octanol–water partition coefficient (Wildman–Crippen LogP) is 2.07. The third kappa shape index (κ3) is 1.02. The molecular weight excluding hydrogens is 164 g/mol. The van der Waals surface area contributed by atoms with Crippen molar-refractivity contribution in [3.05, 3.63) is 35.4 Å². The van der Waals surface area contributed by atoms with Crippen LogP contribution in [0.3, 0.4) is 0 Å². The Morgan fingerprint density at radius 2 is 1.38 bits per heavy atom. The molecule has 13 heavy (non-hydrogen) atoms. The second-order valence-corrected chi connectivity index (χ2v) is 3.35. The zero-order chi connectivity index (χ0) is 8.67. The third-order valence-corrected chi connectivity index (χ3v) is 2.54. The van der Waals surface area contributed by atoms with Crippen molar-refractivity contribution in [1.29, 1.82) is 0 Å². The molecule has 0 saturated heterocycles. The molecule has 66 valence electrons. The molecule has 3 rings (SSSR count). The fourth-order valence-corrected chi connectivity index (χ4v) is 1.83. The van der Waals surface area contributed by atoms with E-state index in [4.69, 9.17) is 9.47 Å². The number of rotatable bonds is 0. The van der Waals surface area contributed by atoms with E-state index in [1.54, 1.807) is 0 Å². The van der Waals surface area contributed by atoms with Crippen molar-refractivity contribution in [2.24, 2.45) is 0 Å². The molecule has 1 aliphatic carbocycles. The molecule has 0 saturated carbocycles. The molecule has 0 fully saturated rings. The molecule has 0 radical (unpaired) electrons. The summed E-state index contributed by atoms with van der Waals surface area (Å²) in [6, 6.07) is 4.20. The average molecular weight is 174 g/mol. The Morgan fingerprint density at radius 3 is 1.92 bits per heavy atom. The molecule has 2 aliphatic rings. The molecule has 0 bridgehead atoms. The maximum Gasteiger partial charge on any atom is 0.231 e. The van der Waals surface area contributed by atoms with Crippen molar-refractivity contribution in [3.8, 4) is 11.5 Å². The van der Waals surface area contributed by atoms with Crippen LogP contribution in [0.2, 0.25) is 0 Å². The molecule has 0 N–H and O–H groups in total. The molecule has 1 heterocycles. The van der Waals surface area contributed by atoms with E-state index in [-0.39, 0.29) is 0 Å². The Balaban J connectivity index is 2.14. The largest absolute Gasteiger partial charge is 0.454 e. The van der Waals surface area contributed by atoms with Crippen LogP contribution in [0, 0.1) is 0 Å². The summed E-state index contributed by atoms with van der Waals surface area (Å²) in [6.45, 7) is 0.367. The van der Waals surface area contributed by atoms with Gasteiger partial charge in [0.05, 0.1) is 0 Å². The van der Waals surface area contributed by atoms with Crippen LogP contribution < -0.4 is 9.47 Å². The van der Waals surface area contributed by atoms with E-state index < -0.39 is 0 Å². The Hall–Kier alpha value is -1.44. The van der Waals surface area contributed by atoms with Gasteiger partial charge in [0.15, 0.2) is 11.5 Å². The lowest BCUT2D eigenvalue weighted by molar-refractivity contribution is 0.174. The van der Waals surface area contributed by atoms with Crippen LogP contribution in [-0.2, 0) is 12.8 Å². The van der Waals surface area contributed by atoms with Gasteiger partial charge in [0.1, 0.15) is 0 Å². The second kappa shape index (κ2) is 2.52. The molecule has 0 unspecified atom stereocenters. The Bertz CT molecular complexity index is 345. The first-order valence-electron chi connectivity index (χ1n) is 4.50. The summed E-state index contributed by atoms with van der Waals surface area (Å²) in [5, 5.41) is 0. The van der Waals surface area contributed by atoms with Gasteiger partial charge in [-0.25, -0.2) is 0 Å². The summed E-state index contributed by atoms with van der Waals surface area (Å²) in [4.78, 5) is 0. The van der Waals surface area contributed by atoms with E-state index in [9.17, 15) is 0 Å². The van der Waals surface area contributed by atoms with Gasteiger partial charge in [0.2, 0.25) is 6.79 Å². The SMILES string of the molecule is C1=CCc2cc3c(cc2C1)OCO3. The summed E-state index contributed by atoms with van der Waals surface area (Å²) in [5.74, 6) is 1.79. The van der Waals surface area contributed by atoms with Gasteiger partial charge in [0.25, 0.3) is 0 Å². The van der Waals surface area contributed by atoms with Gasteiger partial charge in [-0.05, 0) is 36.1 Å². The molecule has 1 aromatic rings. The average Bonchev–Trinajstić information content (AvgIpc) is 2.61. The van der Waals surface area contributed by atoms with Crippen LogP contribution >= 0.6 is 0 Å². The number of hydrogen-bond donors (Lipinski definition) is 0. The van der Waals surface area contributed by atoms with Crippen molar-refractivity contribution in [2.75, 3.05) is 6.79 Å². The molecule has 0 amide bonds. The number of benzene rings is 1. The Labute approximate surface area is 76.8 Å². The van der Waals surface area contributed by atoms with E-state index in [0.29, 0.717) is 6.79 Å². The Kier molecular flexibility index (Phi) is 1.36. The highest BCUT2D eigenvalue weighted by atomic mass is 16.7. The fourth-order valence-electron chi connectivity index (χ4n) is 1.83. The summed E-state index contributed by atoms with van der Waals surface area (Å²) in [7, 11) is 0. The maximum absolute atomic E-state index is 5.32. The highest BCUT2D eigenvalue weighted by molar-refractivity contribution is 5.50. The number of ether oxygens (including phenoxy) is 2. The topological polar surface area (TPSA) is 18.5 Å². The molecule has 2 heteroatoms. The summed E-state index contributed by atoms with van der Waals surface area (Å²) in [5.41, 5.74) is 2.73. The van der Waals surface area contributed by atoms with Crippen molar-refractivity contribution < 1.29 is 9.47 Å². The van der Waals surface area contributed by atoms with Gasteiger partial charge in [-0.1, -0.05) is 12.2 Å².